The molecule has 116 valence electrons. The van der Waals surface area contributed by atoms with Crippen LogP contribution in [-0.4, -0.2) is 17.7 Å². The highest BCUT2D eigenvalue weighted by atomic mass is 16.2. The molecular formula is C18H27NO2. The molecule has 1 unspecified atom stereocenters. The molecule has 0 radical (unpaired) electrons. The van der Waals surface area contributed by atoms with Gasteiger partial charge in [0.1, 0.15) is 0 Å². The molecule has 1 atom stereocenters. The average Bonchev–Trinajstić information content (AvgIpc) is 2.43. The van der Waals surface area contributed by atoms with Gasteiger partial charge in [-0.1, -0.05) is 43.7 Å². The maximum absolute atomic E-state index is 12.0. The second-order valence-electron chi connectivity index (χ2n) is 6.23. The highest BCUT2D eigenvalue weighted by Gasteiger charge is 2.11. The summed E-state index contributed by atoms with van der Waals surface area (Å²) in [6.07, 6.45) is 2.61. The molecule has 0 bridgehead atoms. The lowest BCUT2D eigenvalue weighted by molar-refractivity contribution is -0.121. The van der Waals surface area contributed by atoms with Crippen LogP contribution in [-0.2, 0) is 4.79 Å². The SMILES string of the molecule is Cc1ccc(C(=O)CCC(=O)NC(C)CCC(C)C)cc1. The second-order valence-corrected chi connectivity index (χ2v) is 6.23. The molecule has 0 spiro atoms. The molecule has 1 aromatic carbocycles. The summed E-state index contributed by atoms with van der Waals surface area (Å²) in [5.41, 5.74) is 1.81. The molecule has 1 rings (SSSR count). The van der Waals surface area contributed by atoms with Crippen LogP contribution in [0.15, 0.2) is 24.3 Å². The zero-order chi connectivity index (χ0) is 15.8. The fourth-order valence-corrected chi connectivity index (χ4v) is 2.11. The number of hydrogen-bond donors (Lipinski definition) is 1. The number of hydrogen-bond acceptors (Lipinski definition) is 2. The van der Waals surface area contributed by atoms with Gasteiger partial charge >= 0.3 is 0 Å². The van der Waals surface area contributed by atoms with Crippen LogP contribution in [0, 0.1) is 12.8 Å². The van der Waals surface area contributed by atoms with Gasteiger partial charge in [0.25, 0.3) is 0 Å². The molecule has 3 heteroatoms. The van der Waals surface area contributed by atoms with Crippen molar-refractivity contribution in [3.8, 4) is 0 Å². The number of ketones is 1. The molecular weight excluding hydrogens is 262 g/mol. The van der Waals surface area contributed by atoms with Gasteiger partial charge in [-0.2, -0.15) is 0 Å². The first-order valence-corrected chi connectivity index (χ1v) is 7.77. The van der Waals surface area contributed by atoms with E-state index in [0.717, 1.165) is 18.4 Å². The minimum absolute atomic E-state index is 0.0278. The molecule has 0 saturated heterocycles. The number of carbonyl (C=O) groups excluding carboxylic acids is 2. The molecule has 0 saturated carbocycles. The lowest BCUT2D eigenvalue weighted by Gasteiger charge is -2.14. The maximum atomic E-state index is 12.0. The Bertz CT molecular complexity index is 463. The fourth-order valence-electron chi connectivity index (χ4n) is 2.11. The van der Waals surface area contributed by atoms with Gasteiger partial charge in [-0.15, -0.1) is 0 Å². The number of aryl methyl sites for hydroxylation is 1. The Kier molecular flexibility index (Phi) is 7.13. The number of rotatable bonds is 8. The zero-order valence-corrected chi connectivity index (χ0v) is 13.6. The van der Waals surface area contributed by atoms with Crippen LogP contribution in [0.4, 0.5) is 0 Å². The van der Waals surface area contributed by atoms with Crippen LogP contribution in [0.3, 0.4) is 0 Å². The lowest BCUT2D eigenvalue weighted by atomic mass is 10.0. The summed E-state index contributed by atoms with van der Waals surface area (Å²) in [6.45, 7) is 8.35. The van der Waals surface area contributed by atoms with Gasteiger partial charge in [-0.3, -0.25) is 9.59 Å². The van der Waals surface area contributed by atoms with E-state index in [1.54, 1.807) is 0 Å². The topological polar surface area (TPSA) is 46.2 Å². The summed E-state index contributed by atoms with van der Waals surface area (Å²) in [5, 5.41) is 2.96. The molecule has 1 aromatic rings. The van der Waals surface area contributed by atoms with Gasteiger partial charge in [0.2, 0.25) is 5.91 Å². The van der Waals surface area contributed by atoms with Crippen LogP contribution in [0.1, 0.15) is 62.4 Å². The van der Waals surface area contributed by atoms with E-state index in [9.17, 15) is 9.59 Å². The largest absolute Gasteiger partial charge is 0.354 e. The number of nitrogens with one attached hydrogen (secondary N) is 1. The number of Topliss-reactive ketones (excluding diaryl/α,β-unsaturated/α-hetero) is 1. The summed E-state index contributed by atoms with van der Waals surface area (Å²) in [4.78, 5) is 23.8. The van der Waals surface area contributed by atoms with Crippen molar-refractivity contribution in [2.45, 2.75) is 59.4 Å². The molecule has 21 heavy (non-hydrogen) atoms. The smallest absolute Gasteiger partial charge is 0.220 e. The highest BCUT2D eigenvalue weighted by molar-refractivity contribution is 5.97. The van der Waals surface area contributed by atoms with Gasteiger partial charge in [0.15, 0.2) is 5.78 Å². The Labute approximate surface area is 128 Å². The van der Waals surface area contributed by atoms with E-state index in [0.29, 0.717) is 11.5 Å². The molecule has 0 aromatic heterocycles. The molecule has 0 aliphatic carbocycles. The van der Waals surface area contributed by atoms with Crippen molar-refractivity contribution in [3.63, 3.8) is 0 Å². The van der Waals surface area contributed by atoms with E-state index in [1.807, 2.05) is 38.1 Å². The Hall–Kier alpha value is -1.64. The Morgan fingerprint density at radius 3 is 2.19 bits per heavy atom. The predicted molar refractivity (Wildman–Crippen MR) is 86.4 cm³/mol. The molecule has 1 N–H and O–H groups in total. The fraction of sp³-hybridized carbons (Fsp3) is 0.556. The Balaban J connectivity index is 2.32. The van der Waals surface area contributed by atoms with Crippen molar-refractivity contribution in [1.82, 2.24) is 5.32 Å². The molecule has 3 nitrogen and oxygen atoms in total. The van der Waals surface area contributed by atoms with Crippen LogP contribution in [0.5, 0.6) is 0 Å². The quantitative estimate of drug-likeness (QED) is 0.738. The van der Waals surface area contributed by atoms with Crippen molar-refractivity contribution in [1.29, 1.82) is 0 Å². The molecule has 0 fully saturated rings. The summed E-state index contributed by atoms with van der Waals surface area (Å²) in [7, 11) is 0. The van der Waals surface area contributed by atoms with Gasteiger partial charge in [0, 0.05) is 24.4 Å². The normalized spacial score (nSPS) is 12.2. The Morgan fingerprint density at radius 1 is 1.00 bits per heavy atom. The van der Waals surface area contributed by atoms with Crippen molar-refractivity contribution >= 4 is 11.7 Å². The van der Waals surface area contributed by atoms with E-state index in [1.165, 1.54) is 0 Å². The first-order valence-electron chi connectivity index (χ1n) is 7.77. The second kappa shape index (κ2) is 8.60. The van der Waals surface area contributed by atoms with Crippen LogP contribution in [0.25, 0.3) is 0 Å². The van der Waals surface area contributed by atoms with Crippen molar-refractivity contribution in [2.75, 3.05) is 0 Å². The van der Waals surface area contributed by atoms with Crippen LogP contribution < -0.4 is 5.32 Å². The monoisotopic (exact) mass is 289 g/mol. The zero-order valence-electron chi connectivity index (χ0n) is 13.6. The number of amides is 1. The third-order valence-electron chi connectivity index (χ3n) is 3.54. The van der Waals surface area contributed by atoms with Crippen molar-refractivity contribution < 1.29 is 9.59 Å². The van der Waals surface area contributed by atoms with E-state index in [2.05, 4.69) is 19.2 Å². The van der Waals surface area contributed by atoms with E-state index >= 15 is 0 Å². The first-order chi connectivity index (χ1) is 9.88. The lowest BCUT2D eigenvalue weighted by Crippen LogP contribution is -2.32. The molecule has 1 amide bonds. The predicted octanol–water partition coefficient (Wildman–Crippen LogP) is 3.90. The standard InChI is InChI=1S/C18H27NO2/c1-13(2)5-8-15(4)19-18(21)12-11-17(20)16-9-6-14(3)7-10-16/h6-7,9-10,13,15H,5,8,11-12H2,1-4H3,(H,19,21). The first kappa shape index (κ1) is 17.4. The van der Waals surface area contributed by atoms with Gasteiger partial charge in [-0.05, 0) is 32.6 Å². The third-order valence-corrected chi connectivity index (χ3v) is 3.54. The minimum atomic E-state index is -0.0354. The number of carbonyl (C=O) groups is 2. The summed E-state index contributed by atoms with van der Waals surface area (Å²) < 4.78 is 0. The third kappa shape index (κ3) is 7.07. The molecule has 0 aliphatic rings. The Morgan fingerprint density at radius 2 is 1.62 bits per heavy atom. The number of benzene rings is 1. The summed E-state index contributed by atoms with van der Waals surface area (Å²) in [5.74, 6) is 0.638. The van der Waals surface area contributed by atoms with E-state index < -0.39 is 0 Å². The average molecular weight is 289 g/mol. The van der Waals surface area contributed by atoms with Crippen molar-refractivity contribution in [3.05, 3.63) is 35.4 Å². The van der Waals surface area contributed by atoms with Gasteiger partial charge in [-0.25, -0.2) is 0 Å². The molecule has 0 aliphatic heterocycles. The molecule has 0 heterocycles. The van der Waals surface area contributed by atoms with Gasteiger partial charge in [0.05, 0.1) is 0 Å². The van der Waals surface area contributed by atoms with Crippen molar-refractivity contribution in [2.24, 2.45) is 5.92 Å². The van der Waals surface area contributed by atoms with Crippen LogP contribution >= 0.6 is 0 Å². The van der Waals surface area contributed by atoms with E-state index in [-0.39, 0.29) is 30.6 Å². The van der Waals surface area contributed by atoms with E-state index in [4.69, 9.17) is 0 Å². The summed E-state index contributed by atoms with van der Waals surface area (Å²) in [6, 6.07) is 7.65. The highest BCUT2D eigenvalue weighted by Crippen LogP contribution is 2.09. The maximum Gasteiger partial charge on any atom is 0.220 e. The van der Waals surface area contributed by atoms with Crippen LogP contribution in [0.2, 0.25) is 0 Å². The minimum Gasteiger partial charge on any atom is -0.354 e. The summed E-state index contributed by atoms with van der Waals surface area (Å²) >= 11 is 0. The van der Waals surface area contributed by atoms with Gasteiger partial charge < -0.3 is 5.32 Å².